The second-order valence-corrected chi connectivity index (χ2v) is 8.19. The zero-order chi connectivity index (χ0) is 19.9. The number of nitrogens with zero attached hydrogens (tertiary/aromatic N) is 3. The fourth-order valence-corrected chi connectivity index (χ4v) is 4.44. The Bertz CT molecular complexity index is 661. The molecule has 168 valence electrons. The van der Waals surface area contributed by atoms with E-state index < -0.39 is 0 Å². The molecule has 1 aromatic rings. The summed E-state index contributed by atoms with van der Waals surface area (Å²) in [5.74, 6) is 1.64. The highest BCUT2D eigenvalue weighted by molar-refractivity contribution is 14.0. The first-order chi connectivity index (χ1) is 14.3. The maximum atomic E-state index is 6.02. The molecule has 0 aromatic carbocycles. The van der Waals surface area contributed by atoms with Gasteiger partial charge in [0.25, 0.3) is 0 Å². The predicted molar refractivity (Wildman–Crippen MR) is 128 cm³/mol. The van der Waals surface area contributed by atoms with Crippen molar-refractivity contribution >= 4 is 29.9 Å². The van der Waals surface area contributed by atoms with Crippen LogP contribution in [0.5, 0.6) is 5.88 Å². The fourth-order valence-electron chi connectivity index (χ4n) is 4.44. The molecule has 0 spiro atoms. The Labute approximate surface area is 197 Å². The minimum absolute atomic E-state index is 0. The van der Waals surface area contributed by atoms with Crippen molar-refractivity contribution < 1.29 is 14.2 Å². The quantitative estimate of drug-likeness (QED) is 0.358. The van der Waals surface area contributed by atoms with Crippen LogP contribution in [0, 0.1) is 0 Å². The molecule has 7 nitrogen and oxygen atoms in total. The molecule has 2 atom stereocenters. The monoisotopic (exact) mass is 530 g/mol. The molecule has 30 heavy (non-hydrogen) atoms. The topological polar surface area (TPSA) is 68.2 Å². The predicted octanol–water partition coefficient (Wildman–Crippen LogP) is 3.37. The number of nitrogens with one attached hydrogen (secondary N) is 1. The second kappa shape index (κ2) is 12.0. The van der Waals surface area contributed by atoms with Crippen molar-refractivity contribution in [3.63, 3.8) is 0 Å². The summed E-state index contributed by atoms with van der Waals surface area (Å²) in [6.45, 7) is 3.91. The number of pyridine rings is 1. The van der Waals surface area contributed by atoms with E-state index in [4.69, 9.17) is 14.2 Å². The second-order valence-electron chi connectivity index (χ2n) is 8.19. The van der Waals surface area contributed by atoms with Crippen molar-refractivity contribution in [1.29, 1.82) is 0 Å². The maximum absolute atomic E-state index is 6.02. The van der Waals surface area contributed by atoms with E-state index in [1.165, 1.54) is 19.3 Å². The molecule has 2 saturated heterocycles. The van der Waals surface area contributed by atoms with Crippen molar-refractivity contribution in [2.24, 2.45) is 4.99 Å². The van der Waals surface area contributed by atoms with Crippen molar-refractivity contribution in [2.45, 2.75) is 69.8 Å². The zero-order valence-corrected chi connectivity index (χ0v) is 20.3. The van der Waals surface area contributed by atoms with Crippen LogP contribution in [-0.4, -0.2) is 67.5 Å². The van der Waals surface area contributed by atoms with Gasteiger partial charge in [0, 0.05) is 45.6 Å². The van der Waals surface area contributed by atoms with E-state index in [-0.39, 0.29) is 36.2 Å². The Balaban J connectivity index is 0.00000256. The van der Waals surface area contributed by atoms with Crippen LogP contribution in [0.25, 0.3) is 0 Å². The summed E-state index contributed by atoms with van der Waals surface area (Å²) in [6.07, 6.45) is 10.9. The number of hydrogen-bond acceptors (Lipinski definition) is 5. The van der Waals surface area contributed by atoms with Crippen molar-refractivity contribution in [3.05, 3.63) is 23.9 Å². The van der Waals surface area contributed by atoms with Crippen molar-refractivity contribution in [3.8, 4) is 5.88 Å². The Morgan fingerprint density at radius 1 is 1.13 bits per heavy atom. The van der Waals surface area contributed by atoms with E-state index in [1.54, 1.807) is 0 Å². The zero-order valence-electron chi connectivity index (χ0n) is 17.9. The normalized spacial score (nSPS) is 25.6. The van der Waals surface area contributed by atoms with Gasteiger partial charge in [-0.1, -0.05) is 12.5 Å². The lowest BCUT2D eigenvalue weighted by molar-refractivity contribution is -0.0817. The van der Waals surface area contributed by atoms with Gasteiger partial charge in [0.1, 0.15) is 12.2 Å². The number of morpholine rings is 1. The molecule has 3 fully saturated rings. The number of halogens is 1. The molecule has 1 aliphatic carbocycles. The summed E-state index contributed by atoms with van der Waals surface area (Å²) in [5.41, 5.74) is 1.12. The Kier molecular flexibility index (Phi) is 9.45. The SMILES string of the molecule is CN=C(NCc1ccc(OC2CCCCC2)nc1)N1CCOC(C2CCCO2)C1.I. The van der Waals surface area contributed by atoms with Crippen molar-refractivity contribution in [1.82, 2.24) is 15.2 Å². The lowest BCUT2D eigenvalue weighted by atomic mass is 9.98. The first kappa shape index (κ1) is 23.5. The molecule has 1 aromatic heterocycles. The van der Waals surface area contributed by atoms with Crippen LogP contribution < -0.4 is 10.1 Å². The number of guanidine groups is 1. The molecular weight excluding hydrogens is 495 g/mol. The van der Waals surface area contributed by atoms with Crippen LogP contribution in [0.4, 0.5) is 0 Å². The molecule has 0 radical (unpaired) electrons. The van der Waals surface area contributed by atoms with Crippen molar-refractivity contribution in [2.75, 3.05) is 33.4 Å². The lowest BCUT2D eigenvalue weighted by Crippen LogP contribution is -2.53. The summed E-state index contributed by atoms with van der Waals surface area (Å²) in [4.78, 5) is 11.2. The van der Waals surface area contributed by atoms with E-state index in [9.17, 15) is 0 Å². The number of aliphatic imine (C=N–C) groups is 1. The van der Waals surface area contributed by atoms with E-state index in [2.05, 4.69) is 26.3 Å². The molecule has 1 N–H and O–H groups in total. The largest absolute Gasteiger partial charge is 0.474 e. The van der Waals surface area contributed by atoms with Gasteiger partial charge in [-0.2, -0.15) is 0 Å². The summed E-state index contributed by atoms with van der Waals surface area (Å²) < 4.78 is 17.8. The van der Waals surface area contributed by atoms with E-state index in [0.29, 0.717) is 19.3 Å². The first-order valence-corrected chi connectivity index (χ1v) is 11.1. The first-order valence-electron chi connectivity index (χ1n) is 11.1. The summed E-state index contributed by atoms with van der Waals surface area (Å²) in [6, 6.07) is 4.07. The highest BCUT2D eigenvalue weighted by Gasteiger charge is 2.32. The Morgan fingerprint density at radius 2 is 1.97 bits per heavy atom. The van der Waals surface area contributed by atoms with Gasteiger partial charge in [0.15, 0.2) is 5.96 Å². The third kappa shape index (κ3) is 6.43. The molecule has 4 rings (SSSR count). The van der Waals surface area contributed by atoms with Gasteiger partial charge in [-0.25, -0.2) is 4.98 Å². The van der Waals surface area contributed by atoms with E-state index in [0.717, 1.165) is 62.8 Å². The Hall–Kier alpha value is -1.13. The van der Waals surface area contributed by atoms with Crippen LogP contribution in [0.3, 0.4) is 0 Å². The van der Waals surface area contributed by atoms with Gasteiger partial charge in [0.2, 0.25) is 5.88 Å². The molecular formula is C22H35IN4O3. The number of rotatable bonds is 5. The third-order valence-corrected chi connectivity index (χ3v) is 6.07. The summed E-state index contributed by atoms with van der Waals surface area (Å²) in [7, 11) is 1.83. The summed E-state index contributed by atoms with van der Waals surface area (Å²) in [5, 5.41) is 3.47. The number of ether oxygens (including phenoxy) is 3. The van der Waals surface area contributed by atoms with Crippen LogP contribution in [0.2, 0.25) is 0 Å². The molecule has 2 unspecified atom stereocenters. The van der Waals surface area contributed by atoms with Crippen LogP contribution in [-0.2, 0) is 16.0 Å². The standard InChI is InChI=1S/C22H34N4O3.HI/c1-23-22(26-11-13-28-20(16-26)19-8-5-12-27-19)25-15-17-9-10-21(24-14-17)29-18-6-3-2-4-7-18;/h9-10,14,18-20H,2-8,11-13,15-16H2,1H3,(H,23,25);1H. The average molecular weight is 530 g/mol. The highest BCUT2D eigenvalue weighted by atomic mass is 127. The summed E-state index contributed by atoms with van der Waals surface area (Å²) >= 11 is 0. The van der Waals surface area contributed by atoms with Gasteiger partial charge in [0.05, 0.1) is 12.7 Å². The van der Waals surface area contributed by atoms with Gasteiger partial charge in [-0.15, -0.1) is 24.0 Å². The molecule has 3 aliphatic rings. The molecule has 3 heterocycles. The van der Waals surface area contributed by atoms with Gasteiger partial charge >= 0.3 is 0 Å². The molecule has 2 aliphatic heterocycles. The fraction of sp³-hybridized carbons (Fsp3) is 0.727. The minimum Gasteiger partial charge on any atom is -0.474 e. The molecule has 0 amide bonds. The van der Waals surface area contributed by atoms with Gasteiger partial charge in [-0.05, 0) is 44.1 Å². The van der Waals surface area contributed by atoms with E-state index in [1.807, 2.05) is 19.3 Å². The van der Waals surface area contributed by atoms with Crippen LogP contribution in [0.15, 0.2) is 23.3 Å². The maximum Gasteiger partial charge on any atom is 0.213 e. The van der Waals surface area contributed by atoms with E-state index >= 15 is 0 Å². The van der Waals surface area contributed by atoms with Gasteiger partial charge in [-0.3, -0.25) is 4.99 Å². The van der Waals surface area contributed by atoms with Gasteiger partial charge < -0.3 is 24.4 Å². The number of hydrogen-bond donors (Lipinski definition) is 1. The number of aromatic nitrogens is 1. The van der Waals surface area contributed by atoms with Crippen LogP contribution in [0.1, 0.15) is 50.5 Å². The average Bonchev–Trinajstić information content (AvgIpc) is 3.31. The third-order valence-electron chi connectivity index (χ3n) is 6.07. The molecule has 0 bridgehead atoms. The highest BCUT2D eigenvalue weighted by Crippen LogP contribution is 2.23. The minimum atomic E-state index is 0. The molecule has 1 saturated carbocycles. The molecule has 8 heteroatoms. The Morgan fingerprint density at radius 3 is 2.67 bits per heavy atom. The van der Waals surface area contributed by atoms with Crippen LogP contribution >= 0.6 is 24.0 Å². The smallest absolute Gasteiger partial charge is 0.213 e. The lowest BCUT2D eigenvalue weighted by Gasteiger charge is -2.37.